The predicted molar refractivity (Wildman–Crippen MR) is 121 cm³/mol. The Balaban J connectivity index is 1.39. The number of nitrogens with one attached hydrogen (secondary N) is 3. The molecule has 0 radical (unpaired) electrons. The summed E-state index contributed by atoms with van der Waals surface area (Å²) in [5, 5.41) is 2.37. The van der Waals surface area contributed by atoms with Gasteiger partial charge in [-0.3, -0.25) is 9.52 Å². The van der Waals surface area contributed by atoms with Crippen molar-refractivity contribution < 1.29 is 22.8 Å². The number of pyridine rings is 1. The fourth-order valence-electron chi connectivity index (χ4n) is 2.81. The molecule has 0 aliphatic carbocycles. The minimum atomic E-state index is -3.85. The number of amides is 1. The SMILES string of the molecule is CC1Sc2ccc(C(=O)ONc3ccc(S(=O)(=O)Nc4ccccc4)nc3)cc2NC1=O. The molecule has 1 aliphatic heterocycles. The monoisotopic (exact) mass is 470 g/mol. The second-order valence-corrected chi connectivity index (χ2v) is 9.82. The standard InChI is InChI=1S/C21H18N4O5S2/c1-13-20(26)23-17-11-14(7-9-18(17)31-13)21(27)30-24-16-8-10-19(22-12-16)32(28,29)25-15-5-3-2-4-6-15/h2-13,24-25H,1H3,(H,23,26). The molecular weight excluding hydrogens is 452 g/mol. The van der Waals surface area contributed by atoms with E-state index < -0.39 is 16.0 Å². The number of carbonyl (C=O) groups excluding carboxylic acids is 2. The second kappa shape index (κ2) is 8.89. The molecule has 164 valence electrons. The second-order valence-electron chi connectivity index (χ2n) is 6.81. The number of rotatable bonds is 6. The highest BCUT2D eigenvalue weighted by Gasteiger charge is 2.24. The topological polar surface area (TPSA) is 126 Å². The summed E-state index contributed by atoms with van der Waals surface area (Å²) in [6, 6.07) is 16.0. The lowest BCUT2D eigenvalue weighted by Gasteiger charge is -2.21. The Morgan fingerprint density at radius 1 is 1.09 bits per heavy atom. The Morgan fingerprint density at radius 2 is 1.88 bits per heavy atom. The van der Waals surface area contributed by atoms with Crippen molar-refractivity contribution in [2.24, 2.45) is 0 Å². The van der Waals surface area contributed by atoms with Gasteiger partial charge in [0.1, 0.15) is 0 Å². The van der Waals surface area contributed by atoms with Gasteiger partial charge in [0.25, 0.3) is 10.0 Å². The lowest BCUT2D eigenvalue weighted by atomic mass is 10.2. The maximum Gasteiger partial charge on any atom is 0.362 e. The summed E-state index contributed by atoms with van der Waals surface area (Å²) < 4.78 is 27.3. The van der Waals surface area contributed by atoms with Gasteiger partial charge in [-0.15, -0.1) is 11.8 Å². The van der Waals surface area contributed by atoms with Crippen LogP contribution in [0.3, 0.4) is 0 Å². The zero-order valence-corrected chi connectivity index (χ0v) is 18.4. The van der Waals surface area contributed by atoms with E-state index in [0.29, 0.717) is 11.4 Å². The Kier molecular flexibility index (Phi) is 6.01. The maximum absolute atomic E-state index is 12.4. The van der Waals surface area contributed by atoms with E-state index in [-0.39, 0.29) is 27.4 Å². The zero-order valence-electron chi connectivity index (χ0n) is 16.7. The van der Waals surface area contributed by atoms with Gasteiger partial charge in [-0.1, -0.05) is 18.2 Å². The van der Waals surface area contributed by atoms with Crippen molar-refractivity contribution in [1.29, 1.82) is 0 Å². The van der Waals surface area contributed by atoms with Crippen molar-refractivity contribution in [2.45, 2.75) is 22.1 Å². The molecule has 0 saturated heterocycles. The molecule has 1 aromatic heterocycles. The normalized spacial score (nSPS) is 15.3. The number of hydrogen-bond donors (Lipinski definition) is 3. The van der Waals surface area contributed by atoms with Crippen LogP contribution in [0.4, 0.5) is 17.1 Å². The van der Waals surface area contributed by atoms with Crippen LogP contribution in [-0.2, 0) is 19.7 Å². The lowest BCUT2D eigenvalue weighted by molar-refractivity contribution is -0.115. The summed E-state index contributed by atoms with van der Waals surface area (Å²) in [6.45, 7) is 1.80. The largest absolute Gasteiger partial charge is 0.362 e. The van der Waals surface area contributed by atoms with Gasteiger partial charge in [-0.2, -0.15) is 8.42 Å². The molecule has 9 nitrogen and oxygen atoms in total. The smallest absolute Gasteiger partial charge is 0.338 e. The van der Waals surface area contributed by atoms with Crippen LogP contribution in [0.2, 0.25) is 0 Å². The first kappa shape index (κ1) is 21.7. The minimum Gasteiger partial charge on any atom is -0.338 e. The third-order valence-electron chi connectivity index (χ3n) is 4.45. The average Bonchev–Trinajstić information content (AvgIpc) is 2.78. The molecule has 1 amide bonds. The highest BCUT2D eigenvalue weighted by Crippen LogP contribution is 2.36. The molecule has 0 saturated carbocycles. The van der Waals surface area contributed by atoms with Gasteiger partial charge in [0, 0.05) is 10.6 Å². The molecule has 0 bridgehead atoms. The number of anilines is 3. The summed E-state index contributed by atoms with van der Waals surface area (Å²) in [4.78, 5) is 34.0. The molecule has 1 aliphatic rings. The van der Waals surface area contributed by atoms with Crippen LogP contribution in [0, 0.1) is 0 Å². The Hall–Kier alpha value is -3.57. The third-order valence-corrected chi connectivity index (χ3v) is 6.92. The Morgan fingerprint density at radius 3 is 2.59 bits per heavy atom. The summed E-state index contributed by atoms with van der Waals surface area (Å²) in [5.41, 5.74) is 3.94. The van der Waals surface area contributed by atoms with Gasteiger partial charge in [0.15, 0.2) is 5.03 Å². The Labute approximate surface area is 188 Å². The van der Waals surface area contributed by atoms with Crippen molar-refractivity contribution in [3.63, 3.8) is 0 Å². The lowest BCUT2D eigenvalue weighted by Crippen LogP contribution is -2.26. The molecule has 3 aromatic rings. The van der Waals surface area contributed by atoms with Gasteiger partial charge in [0.05, 0.1) is 28.4 Å². The number of thioether (sulfide) groups is 1. The van der Waals surface area contributed by atoms with E-state index in [1.807, 2.05) is 0 Å². The molecule has 2 aromatic carbocycles. The van der Waals surface area contributed by atoms with Gasteiger partial charge in [-0.25, -0.2) is 15.3 Å². The number of benzene rings is 2. The molecule has 0 fully saturated rings. The zero-order chi connectivity index (χ0) is 22.7. The number of fused-ring (bicyclic) bond motifs is 1. The molecule has 0 spiro atoms. The fraction of sp³-hybridized carbons (Fsp3) is 0.0952. The fourth-order valence-corrected chi connectivity index (χ4v) is 4.73. The van der Waals surface area contributed by atoms with Crippen LogP contribution in [0.15, 0.2) is 76.8 Å². The minimum absolute atomic E-state index is 0.131. The summed E-state index contributed by atoms with van der Waals surface area (Å²) >= 11 is 1.41. The Bertz CT molecular complexity index is 1270. The average molecular weight is 471 g/mol. The molecule has 4 rings (SSSR count). The van der Waals surface area contributed by atoms with Gasteiger partial charge >= 0.3 is 5.97 Å². The van der Waals surface area contributed by atoms with E-state index >= 15 is 0 Å². The quantitative estimate of drug-likeness (QED) is 0.467. The van der Waals surface area contributed by atoms with Crippen molar-refractivity contribution in [3.8, 4) is 0 Å². The first-order valence-electron chi connectivity index (χ1n) is 9.44. The molecule has 1 atom stereocenters. The highest BCUT2D eigenvalue weighted by atomic mass is 32.2. The summed E-state index contributed by atoms with van der Waals surface area (Å²) in [5.74, 6) is -0.804. The third kappa shape index (κ3) is 4.84. The number of hydrogen-bond acceptors (Lipinski definition) is 8. The number of carbonyl (C=O) groups is 2. The van der Waals surface area contributed by atoms with E-state index in [1.54, 1.807) is 55.5 Å². The van der Waals surface area contributed by atoms with Crippen LogP contribution in [0.5, 0.6) is 0 Å². The van der Waals surface area contributed by atoms with E-state index in [4.69, 9.17) is 4.84 Å². The summed E-state index contributed by atoms with van der Waals surface area (Å²) in [6.07, 6.45) is 1.23. The van der Waals surface area contributed by atoms with Crippen molar-refractivity contribution in [3.05, 3.63) is 72.4 Å². The van der Waals surface area contributed by atoms with Crippen molar-refractivity contribution >= 4 is 50.7 Å². The number of sulfonamides is 1. The summed E-state index contributed by atoms with van der Waals surface area (Å²) in [7, 11) is -3.85. The van der Waals surface area contributed by atoms with Crippen LogP contribution in [0.1, 0.15) is 17.3 Å². The van der Waals surface area contributed by atoms with Gasteiger partial charge < -0.3 is 10.2 Å². The molecular formula is C21H18N4O5S2. The van der Waals surface area contributed by atoms with Gasteiger partial charge in [0.2, 0.25) is 5.91 Å². The molecule has 32 heavy (non-hydrogen) atoms. The predicted octanol–water partition coefficient (Wildman–Crippen LogP) is 3.50. The van der Waals surface area contributed by atoms with Crippen LogP contribution in [0.25, 0.3) is 0 Å². The van der Waals surface area contributed by atoms with E-state index in [9.17, 15) is 18.0 Å². The number of nitrogens with zero attached hydrogens (tertiary/aromatic N) is 1. The van der Waals surface area contributed by atoms with E-state index in [1.165, 1.54) is 30.1 Å². The van der Waals surface area contributed by atoms with Crippen LogP contribution < -0.4 is 15.5 Å². The first-order valence-corrected chi connectivity index (χ1v) is 11.8. The van der Waals surface area contributed by atoms with Crippen LogP contribution in [-0.4, -0.2) is 30.5 Å². The van der Waals surface area contributed by atoms with E-state index in [0.717, 1.165) is 4.90 Å². The van der Waals surface area contributed by atoms with Gasteiger partial charge in [-0.05, 0) is 49.4 Å². The van der Waals surface area contributed by atoms with Crippen molar-refractivity contribution in [2.75, 3.05) is 15.5 Å². The molecule has 11 heteroatoms. The molecule has 3 N–H and O–H groups in total. The number of aromatic nitrogens is 1. The molecule has 1 unspecified atom stereocenters. The highest BCUT2D eigenvalue weighted by molar-refractivity contribution is 8.01. The van der Waals surface area contributed by atoms with Crippen LogP contribution >= 0.6 is 11.8 Å². The number of para-hydroxylation sites is 1. The maximum atomic E-state index is 12.4. The first-order chi connectivity index (χ1) is 15.3. The van der Waals surface area contributed by atoms with E-state index in [2.05, 4.69) is 20.5 Å². The van der Waals surface area contributed by atoms with Crippen molar-refractivity contribution in [1.82, 2.24) is 4.98 Å². The molecule has 2 heterocycles.